The maximum Gasteiger partial charge on any atom is 0.254 e. The van der Waals surface area contributed by atoms with Gasteiger partial charge in [0.1, 0.15) is 5.82 Å². The molecule has 2 atom stereocenters. The smallest absolute Gasteiger partial charge is 0.254 e. The van der Waals surface area contributed by atoms with Crippen molar-refractivity contribution in [3.63, 3.8) is 0 Å². The third-order valence-corrected chi connectivity index (χ3v) is 4.58. The van der Waals surface area contributed by atoms with Gasteiger partial charge in [-0.05, 0) is 40.9 Å². The first-order valence-corrected chi connectivity index (χ1v) is 7.71. The minimum Gasteiger partial charge on any atom is -0.348 e. The molecular weight excluding hydrogens is 333 g/mol. The number of carbonyl (C=O) groups excluding carboxylic acids is 1. The summed E-state index contributed by atoms with van der Waals surface area (Å²) in [6.45, 7) is 0. The molecular formula is C14H16BrClFNO. The Hall–Kier alpha value is -0.610. The average molecular weight is 349 g/mol. The Bertz CT molecular complexity index is 469. The number of rotatable bonds is 2. The first-order valence-electron chi connectivity index (χ1n) is 6.48. The summed E-state index contributed by atoms with van der Waals surface area (Å²) in [5.74, 6) is -0.920. The predicted octanol–water partition coefficient (Wildman–Crippen LogP) is 4.26. The van der Waals surface area contributed by atoms with E-state index in [1.807, 2.05) is 0 Å². The van der Waals surface area contributed by atoms with Crippen LogP contribution < -0.4 is 5.32 Å². The van der Waals surface area contributed by atoms with E-state index in [1.54, 1.807) is 12.1 Å². The fourth-order valence-corrected chi connectivity index (χ4v) is 3.06. The van der Waals surface area contributed by atoms with Crippen molar-refractivity contribution in [2.45, 2.75) is 43.5 Å². The highest BCUT2D eigenvalue weighted by atomic mass is 79.9. The predicted molar refractivity (Wildman–Crippen MR) is 78.1 cm³/mol. The molecule has 1 saturated carbocycles. The van der Waals surface area contributed by atoms with Crippen LogP contribution in [0.1, 0.15) is 42.5 Å². The summed E-state index contributed by atoms with van der Waals surface area (Å²) in [6.07, 6.45) is 5.03. The van der Waals surface area contributed by atoms with Gasteiger partial charge in [-0.25, -0.2) is 4.39 Å². The summed E-state index contributed by atoms with van der Waals surface area (Å²) in [4.78, 5) is 12.1. The van der Waals surface area contributed by atoms with Crippen LogP contribution in [0.25, 0.3) is 0 Å². The molecule has 1 aliphatic rings. The van der Waals surface area contributed by atoms with Crippen molar-refractivity contribution in [1.82, 2.24) is 5.32 Å². The largest absolute Gasteiger partial charge is 0.348 e. The van der Waals surface area contributed by atoms with Crippen molar-refractivity contribution in [3.05, 3.63) is 34.1 Å². The Morgan fingerprint density at radius 1 is 1.32 bits per heavy atom. The second-order valence-electron chi connectivity index (χ2n) is 4.84. The maximum atomic E-state index is 13.8. The first-order chi connectivity index (χ1) is 9.09. The minimum absolute atomic E-state index is 0.0579. The molecule has 0 aromatic heterocycles. The molecule has 1 aromatic carbocycles. The topological polar surface area (TPSA) is 29.1 Å². The number of halogens is 3. The van der Waals surface area contributed by atoms with E-state index in [1.165, 1.54) is 6.07 Å². The van der Waals surface area contributed by atoms with Gasteiger partial charge in [0.2, 0.25) is 0 Å². The molecule has 1 N–H and O–H groups in total. The Labute approximate surface area is 125 Å². The normalized spacial score (nSPS) is 23.7. The Balaban J connectivity index is 2.09. The van der Waals surface area contributed by atoms with Crippen LogP contribution in [0.5, 0.6) is 0 Å². The number of benzene rings is 1. The van der Waals surface area contributed by atoms with Gasteiger partial charge in [0.25, 0.3) is 5.91 Å². The SMILES string of the molecule is O=C(NC1CCCCCC1Cl)c1cccc(Br)c1F. The van der Waals surface area contributed by atoms with Crippen LogP contribution >= 0.6 is 27.5 Å². The molecule has 2 rings (SSSR count). The van der Waals surface area contributed by atoms with Gasteiger partial charge < -0.3 is 5.32 Å². The zero-order chi connectivity index (χ0) is 13.8. The molecule has 1 aromatic rings. The van der Waals surface area contributed by atoms with E-state index in [-0.39, 0.29) is 17.0 Å². The third-order valence-electron chi connectivity index (χ3n) is 3.44. The number of nitrogens with one attached hydrogen (secondary N) is 1. The van der Waals surface area contributed by atoms with Crippen LogP contribution in [0.15, 0.2) is 22.7 Å². The molecule has 0 radical (unpaired) electrons. The van der Waals surface area contributed by atoms with Gasteiger partial charge in [-0.15, -0.1) is 11.6 Å². The van der Waals surface area contributed by atoms with Crippen molar-refractivity contribution in [1.29, 1.82) is 0 Å². The number of carbonyl (C=O) groups is 1. The highest BCUT2D eigenvalue weighted by Gasteiger charge is 2.25. The average Bonchev–Trinajstić information content (AvgIpc) is 2.58. The quantitative estimate of drug-likeness (QED) is 0.628. The lowest BCUT2D eigenvalue weighted by Crippen LogP contribution is -2.40. The summed E-state index contributed by atoms with van der Waals surface area (Å²) in [5, 5.41) is 2.79. The second kappa shape index (κ2) is 6.71. The number of alkyl halides is 1. The van der Waals surface area contributed by atoms with Crippen molar-refractivity contribution < 1.29 is 9.18 Å². The number of amides is 1. The summed E-state index contributed by atoms with van der Waals surface area (Å²) >= 11 is 9.35. The van der Waals surface area contributed by atoms with Crippen LogP contribution in [-0.2, 0) is 0 Å². The van der Waals surface area contributed by atoms with Gasteiger partial charge in [-0.1, -0.05) is 25.3 Å². The Morgan fingerprint density at radius 2 is 2.05 bits per heavy atom. The molecule has 5 heteroatoms. The van der Waals surface area contributed by atoms with E-state index in [9.17, 15) is 9.18 Å². The van der Waals surface area contributed by atoms with Crippen LogP contribution in [0.2, 0.25) is 0 Å². The van der Waals surface area contributed by atoms with E-state index < -0.39 is 11.7 Å². The van der Waals surface area contributed by atoms with Crippen molar-refractivity contribution in [2.75, 3.05) is 0 Å². The van der Waals surface area contributed by atoms with E-state index in [2.05, 4.69) is 21.2 Å². The molecule has 104 valence electrons. The molecule has 2 nitrogen and oxygen atoms in total. The first kappa shape index (κ1) is 14.8. The van der Waals surface area contributed by atoms with Crippen LogP contribution in [0.4, 0.5) is 4.39 Å². The molecule has 1 amide bonds. The number of hydrogen-bond acceptors (Lipinski definition) is 1. The van der Waals surface area contributed by atoms with E-state index in [0.29, 0.717) is 4.47 Å². The lowest BCUT2D eigenvalue weighted by atomic mass is 10.1. The zero-order valence-corrected chi connectivity index (χ0v) is 12.8. The highest BCUT2D eigenvalue weighted by molar-refractivity contribution is 9.10. The summed E-state index contributed by atoms with van der Waals surface area (Å²) in [7, 11) is 0. The minimum atomic E-state index is -0.528. The van der Waals surface area contributed by atoms with Crippen molar-refractivity contribution in [3.8, 4) is 0 Å². The molecule has 2 unspecified atom stereocenters. The van der Waals surface area contributed by atoms with E-state index in [4.69, 9.17) is 11.6 Å². The van der Waals surface area contributed by atoms with Gasteiger partial charge in [0, 0.05) is 6.04 Å². The van der Waals surface area contributed by atoms with E-state index in [0.717, 1.165) is 32.1 Å². The van der Waals surface area contributed by atoms with Gasteiger partial charge in [0.05, 0.1) is 15.4 Å². The second-order valence-corrected chi connectivity index (χ2v) is 6.25. The monoisotopic (exact) mass is 347 g/mol. The summed E-state index contributed by atoms with van der Waals surface area (Å²) in [6, 6.07) is 4.63. The highest BCUT2D eigenvalue weighted by Crippen LogP contribution is 2.23. The van der Waals surface area contributed by atoms with E-state index >= 15 is 0 Å². The third kappa shape index (κ3) is 3.69. The van der Waals surface area contributed by atoms with Crippen molar-refractivity contribution >= 4 is 33.4 Å². The molecule has 0 saturated heterocycles. The fourth-order valence-electron chi connectivity index (χ4n) is 2.35. The lowest BCUT2D eigenvalue weighted by Gasteiger charge is -2.21. The molecule has 0 bridgehead atoms. The molecule has 0 heterocycles. The van der Waals surface area contributed by atoms with Gasteiger partial charge in [-0.2, -0.15) is 0 Å². The fraction of sp³-hybridized carbons (Fsp3) is 0.500. The van der Waals surface area contributed by atoms with Gasteiger partial charge in [0.15, 0.2) is 0 Å². The molecule has 0 spiro atoms. The maximum absolute atomic E-state index is 13.8. The molecule has 19 heavy (non-hydrogen) atoms. The zero-order valence-electron chi connectivity index (χ0n) is 10.5. The molecule has 0 aliphatic heterocycles. The standard InChI is InChI=1S/C14H16BrClFNO/c15-10-6-4-5-9(13(10)17)14(19)18-12-8-3-1-2-7-11(12)16/h4-6,11-12H,1-3,7-8H2,(H,18,19). The number of hydrogen-bond donors (Lipinski definition) is 1. The Kier molecular flexibility index (Phi) is 5.22. The van der Waals surface area contributed by atoms with Gasteiger partial charge >= 0.3 is 0 Å². The van der Waals surface area contributed by atoms with Crippen LogP contribution in [0, 0.1) is 5.82 Å². The summed E-state index contributed by atoms with van der Waals surface area (Å²) < 4.78 is 14.1. The Morgan fingerprint density at radius 3 is 2.84 bits per heavy atom. The molecule has 1 aliphatic carbocycles. The van der Waals surface area contributed by atoms with Crippen molar-refractivity contribution in [2.24, 2.45) is 0 Å². The molecule has 1 fully saturated rings. The lowest BCUT2D eigenvalue weighted by molar-refractivity contribution is 0.0930. The van der Waals surface area contributed by atoms with Gasteiger partial charge in [-0.3, -0.25) is 4.79 Å². The summed E-state index contributed by atoms with van der Waals surface area (Å²) in [5.41, 5.74) is 0.0579. The van der Waals surface area contributed by atoms with Crippen LogP contribution in [0.3, 0.4) is 0 Å². The van der Waals surface area contributed by atoms with Crippen LogP contribution in [-0.4, -0.2) is 17.3 Å².